The molecule has 0 spiro atoms. The van der Waals surface area contributed by atoms with E-state index in [2.05, 4.69) is 0 Å². The molecule has 0 aliphatic rings. The lowest BCUT2D eigenvalue weighted by Gasteiger charge is -2.19. The Balaban J connectivity index is 3.00. The van der Waals surface area contributed by atoms with Gasteiger partial charge in [-0.1, -0.05) is 30.3 Å². The van der Waals surface area contributed by atoms with E-state index in [9.17, 15) is 13.6 Å². The molecule has 13 heavy (non-hydrogen) atoms. The maximum atomic E-state index is 13.2. The molecule has 1 rings (SSSR count). The average Bonchev–Trinajstić information content (AvgIpc) is 2.18. The molecule has 0 unspecified atom stereocenters. The van der Waals surface area contributed by atoms with Gasteiger partial charge in [0.25, 0.3) is 5.92 Å². The van der Waals surface area contributed by atoms with Crippen LogP contribution in [0.2, 0.25) is 0 Å². The Morgan fingerprint density at radius 2 is 1.85 bits per heavy atom. The highest BCUT2D eigenvalue weighted by molar-refractivity contribution is 5.60. The van der Waals surface area contributed by atoms with E-state index in [1.54, 1.807) is 6.07 Å². The maximum Gasteiger partial charge on any atom is 0.294 e. The van der Waals surface area contributed by atoms with E-state index < -0.39 is 12.0 Å². The zero-order chi connectivity index (χ0) is 9.90. The third-order valence-electron chi connectivity index (χ3n) is 1.72. The lowest BCUT2D eigenvalue weighted by Crippen LogP contribution is -2.39. The quantitative estimate of drug-likeness (QED) is 0.721. The molecule has 0 fully saturated rings. The fourth-order valence-corrected chi connectivity index (χ4v) is 0.938. The van der Waals surface area contributed by atoms with Gasteiger partial charge < -0.3 is 10.5 Å². The lowest BCUT2D eigenvalue weighted by molar-refractivity contribution is -0.118. The number of rotatable bonds is 3. The van der Waals surface area contributed by atoms with Gasteiger partial charge in [-0.3, -0.25) is 0 Å². The van der Waals surface area contributed by atoms with Crippen molar-refractivity contribution in [3.63, 3.8) is 0 Å². The lowest BCUT2D eigenvalue weighted by atomic mass is 10.0. The van der Waals surface area contributed by atoms with E-state index in [4.69, 9.17) is 5.73 Å². The minimum atomic E-state index is -3.29. The number of alkyl halides is 2. The summed E-state index contributed by atoms with van der Waals surface area (Å²) < 4.78 is 26.4. The van der Waals surface area contributed by atoms with Crippen molar-refractivity contribution in [2.75, 3.05) is 0 Å². The molecule has 0 aliphatic carbocycles. The molecule has 0 aromatic heterocycles. The number of hydrogen-bond donors (Lipinski definition) is 1. The Morgan fingerprint density at radius 1 is 1.31 bits per heavy atom. The van der Waals surface area contributed by atoms with E-state index in [0.29, 0.717) is 0 Å². The molecular weight excluding hydrogens is 176 g/mol. The Morgan fingerprint density at radius 3 is 2.31 bits per heavy atom. The van der Waals surface area contributed by atoms with Crippen LogP contribution in [0.3, 0.4) is 0 Å². The molecule has 0 saturated heterocycles. The molecular formula is C9H9F2NO. The highest BCUT2D eigenvalue weighted by atomic mass is 19.3. The van der Waals surface area contributed by atoms with Crippen LogP contribution in [0.15, 0.2) is 30.3 Å². The van der Waals surface area contributed by atoms with Gasteiger partial charge in [0.15, 0.2) is 0 Å². The molecule has 0 bridgehead atoms. The highest BCUT2D eigenvalue weighted by Gasteiger charge is 2.38. The van der Waals surface area contributed by atoms with Crippen molar-refractivity contribution in [2.45, 2.75) is 12.0 Å². The first kappa shape index (κ1) is 9.80. The summed E-state index contributed by atoms with van der Waals surface area (Å²) in [7, 11) is 0. The molecule has 1 aromatic rings. The molecule has 2 N–H and O–H groups in total. The van der Waals surface area contributed by atoms with Gasteiger partial charge in [-0.2, -0.15) is 8.78 Å². The average molecular weight is 185 g/mol. The normalized spacial score (nSPS) is 13.8. The number of carbonyl (C=O) groups excluding carboxylic acids is 1. The Hall–Kier alpha value is -1.29. The SMILES string of the molecule is N[C@H](C=O)C(F)(F)c1ccccc1. The molecule has 0 amide bonds. The number of benzene rings is 1. The summed E-state index contributed by atoms with van der Waals surface area (Å²) in [5.74, 6) is -3.29. The Bertz CT molecular complexity index is 287. The molecule has 1 atom stereocenters. The van der Waals surface area contributed by atoms with E-state index in [1.807, 2.05) is 0 Å². The summed E-state index contributed by atoms with van der Waals surface area (Å²) in [5, 5.41) is 0. The Labute approximate surface area is 74.4 Å². The highest BCUT2D eigenvalue weighted by Crippen LogP contribution is 2.29. The minimum absolute atomic E-state index is 0.0486. The smallest absolute Gasteiger partial charge is 0.294 e. The topological polar surface area (TPSA) is 43.1 Å². The van der Waals surface area contributed by atoms with Crippen LogP contribution in [0.5, 0.6) is 0 Å². The second kappa shape index (κ2) is 3.62. The maximum absolute atomic E-state index is 13.2. The van der Waals surface area contributed by atoms with Crippen molar-refractivity contribution in [2.24, 2.45) is 5.73 Å². The zero-order valence-electron chi connectivity index (χ0n) is 6.78. The molecule has 4 heteroatoms. The molecule has 70 valence electrons. The van der Waals surface area contributed by atoms with E-state index in [1.165, 1.54) is 24.3 Å². The third kappa shape index (κ3) is 1.89. The number of halogens is 2. The van der Waals surface area contributed by atoms with Crippen LogP contribution in [0.1, 0.15) is 5.56 Å². The summed E-state index contributed by atoms with van der Waals surface area (Å²) in [6.45, 7) is 0. The second-order valence-corrected chi connectivity index (χ2v) is 2.65. The first-order chi connectivity index (χ1) is 6.09. The fourth-order valence-electron chi connectivity index (χ4n) is 0.938. The molecule has 2 nitrogen and oxygen atoms in total. The first-order valence-corrected chi connectivity index (χ1v) is 3.73. The van der Waals surface area contributed by atoms with Crippen LogP contribution < -0.4 is 5.73 Å². The van der Waals surface area contributed by atoms with Gasteiger partial charge in [0.05, 0.1) is 0 Å². The molecule has 0 heterocycles. The number of nitrogens with two attached hydrogens (primary N) is 1. The predicted molar refractivity (Wildman–Crippen MR) is 44.4 cm³/mol. The standard InChI is InChI=1S/C9H9F2NO/c10-9(11,8(12)6-13)7-4-2-1-3-5-7/h1-6,8H,12H2/t8-/m1/s1. The summed E-state index contributed by atoms with van der Waals surface area (Å²) in [6.07, 6.45) is 0.0486. The van der Waals surface area contributed by atoms with Gasteiger partial charge in [0, 0.05) is 5.56 Å². The fraction of sp³-hybridized carbons (Fsp3) is 0.222. The summed E-state index contributed by atoms with van der Waals surface area (Å²) in [6, 6.07) is 5.26. The van der Waals surface area contributed by atoms with Crippen LogP contribution >= 0.6 is 0 Å². The molecule has 0 aliphatic heterocycles. The van der Waals surface area contributed by atoms with E-state index in [0.717, 1.165) is 0 Å². The molecule has 1 aromatic carbocycles. The summed E-state index contributed by atoms with van der Waals surface area (Å²) >= 11 is 0. The van der Waals surface area contributed by atoms with Gasteiger partial charge in [0.2, 0.25) is 0 Å². The largest absolute Gasteiger partial charge is 0.316 e. The van der Waals surface area contributed by atoms with E-state index >= 15 is 0 Å². The van der Waals surface area contributed by atoms with Gasteiger partial charge in [-0.15, -0.1) is 0 Å². The first-order valence-electron chi connectivity index (χ1n) is 3.73. The molecule has 0 saturated carbocycles. The van der Waals surface area contributed by atoms with Crippen molar-refractivity contribution in [3.8, 4) is 0 Å². The monoisotopic (exact) mass is 185 g/mol. The van der Waals surface area contributed by atoms with Gasteiger partial charge in [-0.25, -0.2) is 0 Å². The van der Waals surface area contributed by atoms with Crippen LogP contribution in [0.4, 0.5) is 8.78 Å². The number of aldehydes is 1. The van der Waals surface area contributed by atoms with Gasteiger partial charge in [0.1, 0.15) is 12.3 Å². The van der Waals surface area contributed by atoms with Crippen LogP contribution in [-0.2, 0) is 10.7 Å². The minimum Gasteiger partial charge on any atom is -0.316 e. The Kier molecular flexibility index (Phi) is 2.72. The van der Waals surface area contributed by atoms with E-state index in [-0.39, 0.29) is 11.8 Å². The predicted octanol–water partition coefficient (Wildman–Crippen LogP) is 1.30. The summed E-state index contributed by atoms with van der Waals surface area (Å²) in [5.41, 5.74) is 4.72. The second-order valence-electron chi connectivity index (χ2n) is 2.65. The van der Waals surface area contributed by atoms with Crippen molar-refractivity contribution in [1.82, 2.24) is 0 Å². The molecule has 0 radical (unpaired) electrons. The summed E-state index contributed by atoms with van der Waals surface area (Å²) in [4.78, 5) is 10.1. The van der Waals surface area contributed by atoms with Gasteiger partial charge >= 0.3 is 0 Å². The number of carbonyl (C=O) groups is 1. The van der Waals surface area contributed by atoms with Crippen molar-refractivity contribution < 1.29 is 13.6 Å². The zero-order valence-corrected chi connectivity index (χ0v) is 6.78. The van der Waals surface area contributed by atoms with Crippen LogP contribution in [0, 0.1) is 0 Å². The van der Waals surface area contributed by atoms with Crippen molar-refractivity contribution >= 4 is 6.29 Å². The van der Waals surface area contributed by atoms with Crippen molar-refractivity contribution in [1.29, 1.82) is 0 Å². The van der Waals surface area contributed by atoms with Gasteiger partial charge in [-0.05, 0) is 0 Å². The third-order valence-corrected chi connectivity index (χ3v) is 1.72. The van der Waals surface area contributed by atoms with Crippen LogP contribution in [-0.4, -0.2) is 12.3 Å². The van der Waals surface area contributed by atoms with Crippen LogP contribution in [0.25, 0.3) is 0 Å². The van der Waals surface area contributed by atoms with Crippen molar-refractivity contribution in [3.05, 3.63) is 35.9 Å². The number of hydrogen-bond acceptors (Lipinski definition) is 2.